The zero-order valence-corrected chi connectivity index (χ0v) is 14.7. The van der Waals surface area contributed by atoms with Crippen molar-refractivity contribution in [2.75, 3.05) is 6.54 Å². The van der Waals surface area contributed by atoms with Gasteiger partial charge in [-0.05, 0) is 71.8 Å². The van der Waals surface area contributed by atoms with Crippen molar-refractivity contribution in [3.05, 3.63) is 0 Å². The number of rotatable bonds is 5. The van der Waals surface area contributed by atoms with Gasteiger partial charge in [0.25, 0.3) is 0 Å². The summed E-state index contributed by atoms with van der Waals surface area (Å²) in [5, 5.41) is 6.54. The van der Waals surface area contributed by atoms with Crippen molar-refractivity contribution in [1.82, 2.24) is 10.6 Å². The summed E-state index contributed by atoms with van der Waals surface area (Å²) in [6, 6.07) is 0.764. The Labute approximate surface area is 130 Å². The Balaban J connectivity index is 2.18. The van der Waals surface area contributed by atoms with Crippen molar-refractivity contribution < 1.29 is 9.53 Å². The molecule has 0 aromatic heterocycles. The highest BCUT2D eigenvalue weighted by molar-refractivity contribution is 5.67. The maximum absolute atomic E-state index is 11.7. The Kier molecular flexibility index (Phi) is 6.98. The molecular formula is C17H34N2O2. The Morgan fingerprint density at radius 3 is 2.52 bits per heavy atom. The van der Waals surface area contributed by atoms with E-state index >= 15 is 0 Å². The number of nitrogens with one attached hydrogen (secondary N) is 2. The fourth-order valence-corrected chi connectivity index (χ4v) is 3.03. The number of hydrogen-bond acceptors (Lipinski definition) is 3. The van der Waals surface area contributed by atoms with Crippen LogP contribution >= 0.6 is 0 Å². The van der Waals surface area contributed by atoms with Gasteiger partial charge in [-0.2, -0.15) is 0 Å². The summed E-state index contributed by atoms with van der Waals surface area (Å²) in [5.41, 5.74) is -0.434. The molecule has 4 atom stereocenters. The van der Waals surface area contributed by atoms with Gasteiger partial charge in [-0.1, -0.05) is 13.8 Å². The molecule has 0 aliphatic heterocycles. The zero-order chi connectivity index (χ0) is 16.0. The van der Waals surface area contributed by atoms with E-state index in [1.165, 1.54) is 19.3 Å². The predicted octanol–water partition coefficient (Wildman–Crippen LogP) is 3.70. The summed E-state index contributed by atoms with van der Waals surface area (Å²) >= 11 is 0. The van der Waals surface area contributed by atoms with E-state index in [0.717, 1.165) is 24.8 Å². The second-order valence-electron chi connectivity index (χ2n) is 7.79. The van der Waals surface area contributed by atoms with Gasteiger partial charge in [0, 0.05) is 12.1 Å². The fourth-order valence-electron chi connectivity index (χ4n) is 3.03. The van der Waals surface area contributed by atoms with Crippen LogP contribution < -0.4 is 10.6 Å². The normalized spacial score (nSPS) is 28.0. The first-order chi connectivity index (χ1) is 9.67. The lowest BCUT2D eigenvalue weighted by Gasteiger charge is -2.33. The Morgan fingerprint density at radius 2 is 1.95 bits per heavy atom. The standard InChI is InChI=1S/C17H34N2O2/c1-12-7-8-15(13(2)11-12)18-10-9-14(3)19-16(20)21-17(4,5)6/h12-15,18H,7-11H2,1-6H3,(H,19,20). The molecule has 1 aliphatic rings. The largest absolute Gasteiger partial charge is 0.444 e. The van der Waals surface area contributed by atoms with Crippen LogP contribution in [0.25, 0.3) is 0 Å². The van der Waals surface area contributed by atoms with E-state index in [1.807, 2.05) is 27.7 Å². The van der Waals surface area contributed by atoms with Crippen LogP contribution in [0.2, 0.25) is 0 Å². The maximum Gasteiger partial charge on any atom is 0.407 e. The molecule has 1 saturated carbocycles. The third-order valence-electron chi connectivity index (χ3n) is 4.18. The SMILES string of the molecule is CC1CCC(NCCC(C)NC(=O)OC(C)(C)C)C(C)C1. The molecule has 0 bridgehead atoms. The van der Waals surface area contributed by atoms with Gasteiger partial charge in [0.05, 0.1) is 0 Å². The van der Waals surface area contributed by atoms with Crippen LogP contribution in [0.5, 0.6) is 0 Å². The van der Waals surface area contributed by atoms with E-state index in [0.29, 0.717) is 6.04 Å². The van der Waals surface area contributed by atoms with Crippen LogP contribution in [0, 0.1) is 11.8 Å². The minimum absolute atomic E-state index is 0.130. The van der Waals surface area contributed by atoms with Crippen molar-refractivity contribution in [3.8, 4) is 0 Å². The van der Waals surface area contributed by atoms with E-state index < -0.39 is 5.60 Å². The third kappa shape index (κ3) is 7.70. The van der Waals surface area contributed by atoms with Gasteiger partial charge in [0.2, 0.25) is 0 Å². The molecule has 0 radical (unpaired) electrons. The minimum Gasteiger partial charge on any atom is -0.444 e. The lowest BCUT2D eigenvalue weighted by molar-refractivity contribution is 0.0506. The maximum atomic E-state index is 11.7. The van der Waals surface area contributed by atoms with E-state index in [4.69, 9.17) is 4.74 Å². The highest BCUT2D eigenvalue weighted by atomic mass is 16.6. The molecule has 2 N–H and O–H groups in total. The van der Waals surface area contributed by atoms with Crippen LogP contribution in [0.4, 0.5) is 4.79 Å². The molecule has 0 heterocycles. The van der Waals surface area contributed by atoms with Crippen LogP contribution in [0.15, 0.2) is 0 Å². The summed E-state index contributed by atoms with van der Waals surface area (Å²) in [6.45, 7) is 13.3. The average Bonchev–Trinajstić information content (AvgIpc) is 2.29. The zero-order valence-electron chi connectivity index (χ0n) is 14.7. The van der Waals surface area contributed by atoms with Crippen molar-refractivity contribution in [2.45, 2.75) is 84.9 Å². The number of amides is 1. The molecule has 1 fully saturated rings. The van der Waals surface area contributed by atoms with Crippen LogP contribution in [-0.4, -0.2) is 30.3 Å². The van der Waals surface area contributed by atoms with Gasteiger partial charge >= 0.3 is 6.09 Å². The van der Waals surface area contributed by atoms with E-state index in [9.17, 15) is 4.79 Å². The fraction of sp³-hybridized carbons (Fsp3) is 0.941. The number of carbonyl (C=O) groups is 1. The molecule has 4 heteroatoms. The molecule has 0 spiro atoms. The number of ether oxygens (including phenoxy) is 1. The van der Waals surface area contributed by atoms with E-state index in [-0.39, 0.29) is 12.1 Å². The topological polar surface area (TPSA) is 50.4 Å². The molecule has 1 amide bonds. The number of carbonyl (C=O) groups excluding carboxylic acids is 1. The van der Waals surface area contributed by atoms with Gasteiger partial charge in [-0.15, -0.1) is 0 Å². The summed E-state index contributed by atoms with van der Waals surface area (Å²) in [4.78, 5) is 11.7. The van der Waals surface area contributed by atoms with Crippen LogP contribution in [0.3, 0.4) is 0 Å². The van der Waals surface area contributed by atoms with Crippen molar-refractivity contribution in [2.24, 2.45) is 11.8 Å². The van der Waals surface area contributed by atoms with Crippen molar-refractivity contribution >= 4 is 6.09 Å². The Hall–Kier alpha value is -0.770. The lowest BCUT2D eigenvalue weighted by Crippen LogP contribution is -2.42. The van der Waals surface area contributed by atoms with Crippen molar-refractivity contribution in [3.63, 3.8) is 0 Å². The number of alkyl carbamates (subject to hydrolysis) is 1. The summed E-state index contributed by atoms with van der Waals surface area (Å²) in [6.07, 6.45) is 4.53. The highest BCUT2D eigenvalue weighted by Crippen LogP contribution is 2.28. The highest BCUT2D eigenvalue weighted by Gasteiger charge is 2.24. The predicted molar refractivity (Wildman–Crippen MR) is 87.4 cm³/mol. The first-order valence-electron chi connectivity index (χ1n) is 8.40. The molecule has 124 valence electrons. The van der Waals surface area contributed by atoms with Gasteiger partial charge in [0.1, 0.15) is 5.60 Å². The molecule has 4 nitrogen and oxygen atoms in total. The number of hydrogen-bond donors (Lipinski definition) is 2. The molecule has 0 aromatic carbocycles. The second kappa shape index (κ2) is 8.02. The first kappa shape index (κ1) is 18.3. The molecule has 21 heavy (non-hydrogen) atoms. The Morgan fingerprint density at radius 1 is 1.29 bits per heavy atom. The molecule has 1 aliphatic carbocycles. The first-order valence-corrected chi connectivity index (χ1v) is 8.40. The van der Waals surface area contributed by atoms with E-state index in [2.05, 4.69) is 24.5 Å². The Bertz CT molecular complexity index is 325. The summed E-state index contributed by atoms with van der Waals surface area (Å²) in [7, 11) is 0. The second-order valence-corrected chi connectivity index (χ2v) is 7.79. The summed E-state index contributed by atoms with van der Waals surface area (Å²) < 4.78 is 5.26. The molecule has 0 saturated heterocycles. The van der Waals surface area contributed by atoms with Crippen molar-refractivity contribution in [1.29, 1.82) is 0 Å². The van der Waals surface area contributed by atoms with Crippen LogP contribution in [-0.2, 0) is 4.74 Å². The van der Waals surface area contributed by atoms with Gasteiger partial charge in [-0.3, -0.25) is 0 Å². The molecule has 1 rings (SSSR count). The monoisotopic (exact) mass is 298 g/mol. The molecular weight excluding hydrogens is 264 g/mol. The lowest BCUT2D eigenvalue weighted by atomic mass is 9.80. The third-order valence-corrected chi connectivity index (χ3v) is 4.18. The van der Waals surface area contributed by atoms with Gasteiger partial charge in [0.15, 0.2) is 0 Å². The van der Waals surface area contributed by atoms with E-state index in [1.54, 1.807) is 0 Å². The average molecular weight is 298 g/mol. The minimum atomic E-state index is -0.434. The van der Waals surface area contributed by atoms with Gasteiger partial charge < -0.3 is 15.4 Å². The molecule has 0 aromatic rings. The molecule has 4 unspecified atom stereocenters. The summed E-state index contributed by atoms with van der Waals surface area (Å²) in [5.74, 6) is 1.62. The van der Waals surface area contributed by atoms with Gasteiger partial charge in [-0.25, -0.2) is 4.79 Å². The smallest absolute Gasteiger partial charge is 0.407 e. The quantitative estimate of drug-likeness (QED) is 0.813. The van der Waals surface area contributed by atoms with Crippen LogP contribution in [0.1, 0.15) is 67.2 Å².